The van der Waals surface area contributed by atoms with E-state index >= 15 is 0 Å². The number of carbonyl (C=O) groups is 3. The molecule has 0 radical (unpaired) electrons. The molecule has 0 saturated carbocycles. The van der Waals surface area contributed by atoms with Crippen molar-refractivity contribution >= 4 is 23.5 Å². The largest absolute Gasteiger partial charge is 0.465 e. The fourth-order valence-electron chi connectivity index (χ4n) is 2.99. The fraction of sp³-hybridized carbons (Fsp3) is 0.526. The first-order chi connectivity index (χ1) is 11.9. The van der Waals surface area contributed by atoms with E-state index in [0.717, 1.165) is 25.9 Å². The van der Waals surface area contributed by atoms with Crippen molar-refractivity contribution in [2.75, 3.05) is 31.6 Å². The molecule has 25 heavy (non-hydrogen) atoms. The lowest BCUT2D eigenvalue weighted by Gasteiger charge is -2.31. The SMILES string of the molecule is COC(=O)c1ccc(N(CCC(=O)N2CCC(C)CC2)C(C)=O)cc1. The third kappa shape index (κ3) is 5.05. The molecule has 1 aromatic carbocycles. The van der Waals surface area contributed by atoms with E-state index in [1.165, 1.54) is 14.0 Å². The van der Waals surface area contributed by atoms with Gasteiger partial charge < -0.3 is 14.5 Å². The van der Waals surface area contributed by atoms with Gasteiger partial charge in [0.25, 0.3) is 0 Å². The molecule has 136 valence electrons. The van der Waals surface area contributed by atoms with E-state index in [2.05, 4.69) is 11.7 Å². The van der Waals surface area contributed by atoms with E-state index in [0.29, 0.717) is 30.1 Å². The van der Waals surface area contributed by atoms with Gasteiger partial charge in [0, 0.05) is 38.7 Å². The van der Waals surface area contributed by atoms with Gasteiger partial charge in [-0.3, -0.25) is 9.59 Å². The highest BCUT2D eigenvalue weighted by molar-refractivity contribution is 5.94. The zero-order chi connectivity index (χ0) is 18.4. The Hall–Kier alpha value is -2.37. The second-order valence-corrected chi connectivity index (χ2v) is 6.52. The lowest BCUT2D eigenvalue weighted by atomic mass is 9.99. The minimum absolute atomic E-state index is 0.0873. The van der Waals surface area contributed by atoms with Gasteiger partial charge in [0.1, 0.15) is 0 Å². The molecule has 2 rings (SSSR count). The number of ether oxygens (including phenoxy) is 1. The molecule has 1 aliphatic heterocycles. The molecule has 1 heterocycles. The van der Waals surface area contributed by atoms with E-state index in [-0.39, 0.29) is 11.8 Å². The minimum Gasteiger partial charge on any atom is -0.465 e. The Balaban J connectivity index is 1.97. The first-order valence-electron chi connectivity index (χ1n) is 8.66. The minimum atomic E-state index is -0.421. The maximum Gasteiger partial charge on any atom is 0.337 e. The topological polar surface area (TPSA) is 66.9 Å². The van der Waals surface area contributed by atoms with Crippen molar-refractivity contribution < 1.29 is 19.1 Å². The molecule has 0 spiro atoms. The van der Waals surface area contributed by atoms with Gasteiger partial charge in [-0.15, -0.1) is 0 Å². The summed E-state index contributed by atoms with van der Waals surface area (Å²) in [6.45, 7) is 5.61. The average molecular weight is 346 g/mol. The van der Waals surface area contributed by atoms with Crippen molar-refractivity contribution in [3.8, 4) is 0 Å². The molecule has 1 aromatic rings. The number of piperidine rings is 1. The molecule has 1 fully saturated rings. The van der Waals surface area contributed by atoms with Gasteiger partial charge in [-0.25, -0.2) is 4.79 Å². The highest BCUT2D eigenvalue weighted by Gasteiger charge is 2.21. The van der Waals surface area contributed by atoms with Crippen LogP contribution in [0.2, 0.25) is 0 Å². The summed E-state index contributed by atoms with van der Waals surface area (Å²) in [4.78, 5) is 39.3. The molecular weight excluding hydrogens is 320 g/mol. The van der Waals surface area contributed by atoms with Crippen LogP contribution < -0.4 is 4.90 Å². The Morgan fingerprint density at radius 3 is 2.28 bits per heavy atom. The van der Waals surface area contributed by atoms with E-state index in [4.69, 9.17) is 0 Å². The van der Waals surface area contributed by atoms with Crippen molar-refractivity contribution in [2.24, 2.45) is 5.92 Å². The lowest BCUT2D eigenvalue weighted by Crippen LogP contribution is -2.40. The second kappa shape index (κ2) is 8.65. The zero-order valence-corrected chi connectivity index (χ0v) is 15.2. The number of hydrogen-bond acceptors (Lipinski definition) is 4. The first kappa shape index (κ1) is 19.0. The number of amides is 2. The number of anilines is 1. The second-order valence-electron chi connectivity index (χ2n) is 6.52. The molecule has 0 bridgehead atoms. The van der Waals surface area contributed by atoms with E-state index in [1.54, 1.807) is 29.2 Å². The van der Waals surface area contributed by atoms with Gasteiger partial charge in [0.15, 0.2) is 0 Å². The standard InChI is InChI=1S/C19H26N2O4/c1-14-8-11-20(12-9-14)18(23)10-13-21(15(2)22)17-6-4-16(5-7-17)19(24)25-3/h4-7,14H,8-13H2,1-3H3. The fourth-order valence-corrected chi connectivity index (χ4v) is 2.99. The molecule has 6 heteroatoms. The monoisotopic (exact) mass is 346 g/mol. The van der Waals surface area contributed by atoms with Crippen LogP contribution in [0.25, 0.3) is 0 Å². The van der Waals surface area contributed by atoms with Crippen LogP contribution in [-0.4, -0.2) is 49.4 Å². The average Bonchev–Trinajstić information content (AvgIpc) is 2.62. The van der Waals surface area contributed by atoms with Crippen LogP contribution >= 0.6 is 0 Å². The van der Waals surface area contributed by atoms with Crippen molar-refractivity contribution in [2.45, 2.75) is 33.1 Å². The summed E-state index contributed by atoms with van der Waals surface area (Å²) in [6, 6.07) is 6.62. The molecule has 0 unspecified atom stereocenters. The molecule has 0 aliphatic carbocycles. The maximum atomic E-state index is 12.4. The number of benzene rings is 1. The van der Waals surface area contributed by atoms with Gasteiger partial charge in [0.2, 0.25) is 11.8 Å². The summed E-state index contributed by atoms with van der Waals surface area (Å²) in [5.41, 5.74) is 1.09. The molecular formula is C19H26N2O4. The predicted octanol–water partition coefficient (Wildman–Crippen LogP) is 2.47. The summed E-state index contributed by atoms with van der Waals surface area (Å²) >= 11 is 0. The van der Waals surface area contributed by atoms with Gasteiger partial charge in [-0.2, -0.15) is 0 Å². The molecule has 0 atom stereocenters. The summed E-state index contributed by atoms with van der Waals surface area (Å²) in [6.07, 6.45) is 2.38. The number of nitrogens with zero attached hydrogens (tertiary/aromatic N) is 2. The van der Waals surface area contributed by atoms with E-state index in [9.17, 15) is 14.4 Å². The smallest absolute Gasteiger partial charge is 0.337 e. The molecule has 2 amide bonds. The van der Waals surface area contributed by atoms with Crippen molar-refractivity contribution in [3.63, 3.8) is 0 Å². The van der Waals surface area contributed by atoms with Crippen LogP contribution in [0.15, 0.2) is 24.3 Å². The third-order valence-corrected chi connectivity index (χ3v) is 4.67. The van der Waals surface area contributed by atoms with E-state index in [1.807, 2.05) is 4.90 Å². The quantitative estimate of drug-likeness (QED) is 0.768. The number of hydrogen-bond donors (Lipinski definition) is 0. The van der Waals surface area contributed by atoms with Crippen molar-refractivity contribution in [3.05, 3.63) is 29.8 Å². The van der Waals surface area contributed by atoms with Crippen LogP contribution in [0, 0.1) is 5.92 Å². The Labute approximate surface area is 148 Å². The Morgan fingerprint density at radius 2 is 1.76 bits per heavy atom. The predicted molar refractivity (Wildman–Crippen MR) is 95.4 cm³/mol. The molecule has 1 saturated heterocycles. The summed E-state index contributed by atoms with van der Waals surface area (Å²) in [5.74, 6) is 0.205. The van der Waals surface area contributed by atoms with Crippen LogP contribution in [0.3, 0.4) is 0 Å². The van der Waals surface area contributed by atoms with Crippen molar-refractivity contribution in [1.29, 1.82) is 0 Å². The number of methoxy groups -OCH3 is 1. The Kier molecular flexibility index (Phi) is 6.56. The summed E-state index contributed by atoms with van der Waals surface area (Å²) < 4.78 is 4.67. The van der Waals surface area contributed by atoms with Crippen LogP contribution in [0.5, 0.6) is 0 Å². The number of carbonyl (C=O) groups excluding carboxylic acids is 3. The molecule has 0 aromatic heterocycles. The van der Waals surface area contributed by atoms with Gasteiger partial charge in [-0.1, -0.05) is 6.92 Å². The third-order valence-electron chi connectivity index (χ3n) is 4.67. The molecule has 6 nitrogen and oxygen atoms in total. The summed E-state index contributed by atoms with van der Waals surface area (Å²) in [7, 11) is 1.32. The zero-order valence-electron chi connectivity index (χ0n) is 15.2. The van der Waals surface area contributed by atoms with Gasteiger partial charge in [0.05, 0.1) is 12.7 Å². The van der Waals surface area contributed by atoms with Crippen molar-refractivity contribution in [1.82, 2.24) is 4.90 Å². The van der Waals surface area contributed by atoms with Crippen LogP contribution in [0.4, 0.5) is 5.69 Å². The lowest BCUT2D eigenvalue weighted by molar-refractivity contribution is -0.132. The van der Waals surface area contributed by atoms with E-state index < -0.39 is 5.97 Å². The maximum absolute atomic E-state index is 12.4. The van der Waals surface area contributed by atoms with Crippen LogP contribution in [-0.2, 0) is 14.3 Å². The number of likely N-dealkylation sites (tertiary alicyclic amines) is 1. The highest BCUT2D eigenvalue weighted by atomic mass is 16.5. The number of esters is 1. The first-order valence-corrected chi connectivity index (χ1v) is 8.66. The van der Waals surface area contributed by atoms with Gasteiger partial charge in [-0.05, 0) is 43.0 Å². The highest BCUT2D eigenvalue weighted by Crippen LogP contribution is 2.19. The van der Waals surface area contributed by atoms with Gasteiger partial charge >= 0.3 is 5.97 Å². The number of rotatable bonds is 5. The van der Waals surface area contributed by atoms with Crippen LogP contribution in [0.1, 0.15) is 43.5 Å². The Bertz CT molecular complexity index is 619. The normalized spacial score (nSPS) is 14.9. The molecule has 0 N–H and O–H groups in total. The molecule has 1 aliphatic rings. The Morgan fingerprint density at radius 1 is 1.16 bits per heavy atom. The summed E-state index contributed by atoms with van der Waals surface area (Å²) in [5, 5.41) is 0.